The van der Waals surface area contributed by atoms with Gasteiger partial charge in [0.05, 0.1) is 0 Å². The van der Waals surface area contributed by atoms with E-state index in [0.717, 1.165) is 17.2 Å². The highest BCUT2D eigenvalue weighted by atomic mass is 19.1. The standard InChI is InChI=1S/C15H22FN/c1-3-12-6-4-5-7-15(12)17-14-9-8-13(16)10-11(14)2/h8-10,12,15,17H,3-7H2,1-2H3. The zero-order valence-corrected chi connectivity index (χ0v) is 10.8. The quantitative estimate of drug-likeness (QED) is 0.812. The molecular formula is C15H22FN. The molecule has 1 aromatic carbocycles. The molecule has 0 bridgehead atoms. The van der Waals surface area contributed by atoms with Gasteiger partial charge in [0.2, 0.25) is 0 Å². The second-order valence-electron chi connectivity index (χ2n) is 5.16. The van der Waals surface area contributed by atoms with E-state index in [1.54, 1.807) is 12.1 Å². The lowest BCUT2D eigenvalue weighted by Crippen LogP contribution is -2.32. The molecule has 2 atom stereocenters. The summed E-state index contributed by atoms with van der Waals surface area (Å²) in [5.41, 5.74) is 2.10. The van der Waals surface area contributed by atoms with Gasteiger partial charge in [-0.1, -0.05) is 26.2 Å². The van der Waals surface area contributed by atoms with E-state index in [9.17, 15) is 4.39 Å². The zero-order chi connectivity index (χ0) is 12.3. The molecule has 0 radical (unpaired) electrons. The number of halogens is 1. The summed E-state index contributed by atoms with van der Waals surface area (Å²) in [4.78, 5) is 0. The third-order valence-corrected chi connectivity index (χ3v) is 3.96. The molecule has 2 heteroatoms. The first-order valence-corrected chi connectivity index (χ1v) is 6.73. The van der Waals surface area contributed by atoms with Crippen LogP contribution in [-0.2, 0) is 0 Å². The molecule has 0 aliphatic heterocycles. The van der Waals surface area contributed by atoms with E-state index in [0.29, 0.717) is 6.04 Å². The predicted molar refractivity (Wildman–Crippen MR) is 70.8 cm³/mol. The maximum Gasteiger partial charge on any atom is 0.123 e. The van der Waals surface area contributed by atoms with Crippen molar-refractivity contribution >= 4 is 5.69 Å². The molecular weight excluding hydrogens is 213 g/mol. The van der Waals surface area contributed by atoms with Crippen LogP contribution in [0.5, 0.6) is 0 Å². The summed E-state index contributed by atoms with van der Waals surface area (Å²) < 4.78 is 13.0. The minimum absolute atomic E-state index is 0.149. The van der Waals surface area contributed by atoms with Crippen molar-refractivity contribution in [2.75, 3.05) is 5.32 Å². The van der Waals surface area contributed by atoms with Crippen molar-refractivity contribution in [1.82, 2.24) is 0 Å². The average Bonchev–Trinajstić information content (AvgIpc) is 2.33. The van der Waals surface area contributed by atoms with E-state index >= 15 is 0 Å². The summed E-state index contributed by atoms with van der Waals surface area (Å²) in [5, 5.41) is 3.61. The van der Waals surface area contributed by atoms with Gasteiger partial charge >= 0.3 is 0 Å². The van der Waals surface area contributed by atoms with Gasteiger partial charge in [0.1, 0.15) is 5.82 Å². The van der Waals surface area contributed by atoms with Crippen molar-refractivity contribution in [2.45, 2.75) is 52.0 Å². The average molecular weight is 235 g/mol. The van der Waals surface area contributed by atoms with E-state index < -0.39 is 0 Å². The summed E-state index contributed by atoms with van der Waals surface area (Å²) in [5.74, 6) is 0.622. The SMILES string of the molecule is CCC1CCCCC1Nc1ccc(F)cc1C. The number of benzene rings is 1. The first-order valence-electron chi connectivity index (χ1n) is 6.73. The summed E-state index contributed by atoms with van der Waals surface area (Å²) in [6, 6.07) is 5.58. The number of hydrogen-bond donors (Lipinski definition) is 1. The second-order valence-corrected chi connectivity index (χ2v) is 5.16. The maximum atomic E-state index is 13.0. The van der Waals surface area contributed by atoms with Crippen molar-refractivity contribution < 1.29 is 4.39 Å². The van der Waals surface area contributed by atoms with Crippen molar-refractivity contribution in [1.29, 1.82) is 0 Å². The Hall–Kier alpha value is -1.05. The van der Waals surface area contributed by atoms with E-state index in [1.165, 1.54) is 32.1 Å². The Morgan fingerprint density at radius 2 is 2.06 bits per heavy atom. The van der Waals surface area contributed by atoms with Crippen molar-refractivity contribution in [3.63, 3.8) is 0 Å². The van der Waals surface area contributed by atoms with Gasteiger partial charge in [0, 0.05) is 11.7 Å². The lowest BCUT2D eigenvalue weighted by atomic mass is 9.82. The van der Waals surface area contributed by atoms with Crippen LogP contribution in [-0.4, -0.2) is 6.04 Å². The van der Waals surface area contributed by atoms with E-state index in [2.05, 4.69) is 12.2 Å². The molecule has 2 unspecified atom stereocenters. The van der Waals surface area contributed by atoms with Gasteiger partial charge in [-0.15, -0.1) is 0 Å². The van der Waals surface area contributed by atoms with Crippen LogP contribution in [0.2, 0.25) is 0 Å². The molecule has 1 fully saturated rings. The normalized spacial score (nSPS) is 24.6. The monoisotopic (exact) mass is 235 g/mol. The van der Waals surface area contributed by atoms with Crippen molar-refractivity contribution in [3.8, 4) is 0 Å². The van der Waals surface area contributed by atoms with Gasteiger partial charge in [0.15, 0.2) is 0 Å². The summed E-state index contributed by atoms with van der Waals surface area (Å²) >= 11 is 0. The topological polar surface area (TPSA) is 12.0 Å². The number of anilines is 1. The minimum Gasteiger partial charge on any atom is -0.382 e. The number of rotatable bonds is 3. The Labute approximate surface area is 103 Å². The fraction of sp³-hybridized carbons (Fsp3) is 0.600. The lowest BCUT2D eigenvalue weighted by Gasteiger charge is -2.32. The van der Waals surface area contributed by atoms with E-state index in [-0.39, 0.29) is 5.82 Å². The highest BCUT2D eigenvalue weighted by Crippen LogP contribution is 2.30. The van der Waals surface area contributed by atoms with Gasteiger partial charge in [-0.3, -0.25) is 0 Å². The van der Waals surface area contributed by atoms with E-state index in [1.807, 2.05) is 13.0 Å². The van der Waals surface area contributed by atoms with Crippen LogP contribution in [0, 0.1) is 18.7 Å². The molecule has 1 N–H and O–H groups in total. The predicted octanol–water partition coefficient (Wildman–Crippen LogP) is 4.51. The Morgan fingerprint density at radius 3 is 2.76 bits per heavy atom. The van der Waals surface area contributed by atoms with Crippen LogP contribution in [0.25, 0.3) is 0 Å². The second kappa shape index (κ2) is 5.52. The lowest BCUT2D eigenvalue weighted by molar-refractivity contribution is 0.317. The molecule has 1 aromatic rings. The molecule has 1 saturated carbocycles. The van der Waals surface area contributed by atoms with Gasteiger partial charge in [-0.05, 0) is 49.4 Å². The molecule has 1 aliphatic rings. The van der Waals surface area contributed by atoms with Gasteiger partial charge in [0.25, 0.3) is 0 Å². The smallest absolute Gasteiger partial charge is 0.123 e. The number of hydrogen-bond acceptors (Lipinski definition) is 1. The zero-order valence-electron chi connectivity index (χ0n) is 10.8. The van der Waals surface area contributed by atoms with Gasteiger partial charge in [-0.2, -0.15) is 0 Å². The minimum atomic E-state index is -0.149. The van der Waals surface area contributed by atoms with Gasteiger partial charge < -0.3 is 5.32 Å². The third kappa shape index (κ3) is 2.99. The van der Waals surface area contributed by atoms with Crippen LogP contribution in [0.1, 0.15) is 44.6 Å². The van der Waals surface area contributed by atoms with Crippen LogP contribution in [0.4, 0.5) is 10.1 Å². The molecule has 0 saturated heterocycles. The highest BCUT2D eigenvalue weighted by molar-refractivity contribution is 5.51. The fourth-order valence-electron chi connectivity index (χ4n) is 2.88. The third-order valence-electron chi connectivity index (χ3n) is 3.96. The Kier molecular flexibility index (Phi) is 4.03. The molecule has 0 heterocycles. The van der Waals surface area contributed by atoms with E-state index in [4.69, 9.17) is 0 Å². The molecule has 0 amide bonds. The fourth-order valence-corrected chi connectivity index (χ4v) is 2.88. The maximum absolute atomic E-state index is 13.0. The first-order chi connectivity index (χ1) is 8.20. The summed E-state index contributed by atoms with van der Waals surface area (Å²) in [6.07, 6.45) is 6.48. The van der Waals surface area contributed by atoms with Crippen LogP contribution in [0.15, 0.2) is 18.2 Å². The Balaban J connectivity index is 2.08. The molecule has 0 spiro atoms. The largest absolute Gasteiger partial charge is 0.382 e. The van der Waals surface area contributed by atoms with Crippen molar-refractivity contribution in [2.24, 2.45) is 5.92 Å². The summed E-state index contributed by atoms with van der Waals surface area (Å²) in [6.45, 7) is 4.23. The molecule has 17 heavy (non-hydrogen) atoms. The van der Waals surface area contributed by atoms with Crippen molar-refractivity contribution in [3.05, 3.63) is 29.6 Å². The van der Waals surface area contributed by atoms with Crippen LogP contribution in [0.3, 0.4) is 0 Å². The molecule has 2 rings (SSSR count). The number of nitrogens with one attached hydrogen (secondary N) is 1. The first kappa shape index (κ1) is 12.4. The number of aryl methyl sites for hydroxylation is 1. The molecule has 94 valence electrons. The van der Waals surface area contributed by atoms with Gasteiger partial charge in [-0.25, -0.2) is 4.39 Å². The highest BCUT2D eigenvalue weighted by Gasteiger charge is 2.23. The Bertz CT molecular complexity index is 375. The molecule has 1 aliphatic carbocycles. The van der Waals surface area contributed by atoms with Crippen LogP contribution >= 0.6 is 0 Å². The molecule has 1 nitrogen and oxygen atoms in total. The molecule has 0 aromatic heterocycles. The summed E-state index contributed by atoms with van der Waals surface area (Å²) in [7, 11) is 0. The Morgan fingerprint density at radius 1 is 1.29 bits per heavy atom. The van der Waals surface area contributed by atoms with Crippen LogP contribution < -0.4 is 5.32 Å².